The van der Waals surface area contributed by atoms with E-state index in [1.807, 2.05) is 6.55 Å². The van der Waals surface area contributed by atoms with Crippen molar-refractivity contribution in [1.82, 2.24) is 0 Å². The van der Waals surface area contributed by atoms with E-state index in [-0.39, 0.29) is 0 Å². The Morgan fingerprint density at radius 3 is 1.48 bits per heavy atom. The molecule has 0 unspecified atom stereocenters. The molecule has 7 heteroatoms. The van der Waals surface area contributed by atoms with Crippen molar-refractivity contribution in [3.05, 3.63) is 0 Å². The smallest absolute Gasteiger partial charge is 0.248 e. The fraction of sp³-hybridized carbons (Fsp3) is 1.00. The van der Waals surface area contributed by atoms with Gasteiger partial charge in [0.2, 0.25) is 6.69 Å². The van der Waals surface area contributed by atoms with Gasteiger partial charge in [-0.3, -0.25) is 0 Å². The van der Waals surface area contributed by atoms with Gasteiger partial charge in [-0.1, -0.05) is 51.4 Å². The maximum absolute atomic E-state index is 6.10. The molecule has 0 saturated carbocycles. The minimum atomic E-state index is -1.86. The van der Waals surface area contributed by atoms with Crippen LogP contribution in [0.15, 0.2) is 0 Å². The second kappa shape index (κ2) is 21.3. The molecule has 0 aromatic rings. The summed E-state index contributed by atoms with van der Waals surface area (Å²) in [5, 5.41) is 0. The first-order valence-electron chi connectivity index (χ1n) is 10.7. The number of ether oxygens (including phenoxy) is 4. The Labute approximate surface area is 178 Å². The third-order valence-corrected chi connectivity index (χ3v) is 6.65. The van der Waals surface area contributed by atoms with Gasteiger partial charge < -0.3 is 18.9 Å². The monoisotopic (exact) mass is 444 g/mol. The fourth-order valence-corrected chi connectivity index (χ4v) is 4.38. The van der Waals surface area contributed by atoms with Crippen molar-refractivity contribution in [2.45, 2.75) is 76.8 Å². The van der Waals surface area contributed by atoms with Gasteiger partial charge in [-0.25, -0.2) is 0 Å². The summed E-state index contributed by atoms with van der Waals surface area (Å²) in [6.45, 7) is 5.10. The lowest BCUT2D eigenvalue weighted by atomic mass is 10.1. The molecule has 0 radical (unpaired) electrons. The summed E-state index contributed by atoms with van der Waals surface area (Å²) in [7, 11) is 1.67. The molecule has 0 saturated heterocycles. The van der Waals surface area contributed by atoms with Crippen molar-refractivity contribution in [2.75, 3.05) is 53.4 Å². The van der Waals surface area contributed by atoms with Crippen LogP contribution in [-0.4, -0.2) is 60.1 Å². The van der Waals surface area contributed by atoms with Crippen LogP contribution in [0.4, 0.5) is 0 Å². The normalized spacial score (nSPS) is 12.0. The Bertz CT molecular complexity index is 292. The molecule has 0 spiro atoms. The van der Waals surface area contributed by atoms with Crippen molar-refractivity contribution in [1.29, 1.82) is 0 Å². The summed E-state index contributed by atoms with van der Waals surface area (Å²) in [6, 6.07) is 1.03. The van der Waals surface area contributed by atoms with E-state index in [1.165, 1.54) is 57.8 Å². The Kier molecular flexibility index (Phi) is 21.9. The average Bonchev–Trinajstić information content (AvgIpc) is 2.62. The highest BCUT2D eigenvalue weighted by Crippen LogP contribution is 2.23. The molecule has 0 atom stereocenters. The Morgan fingerprint density at radius 1 is 0.519 bits per heavy atom. The van der Waals surface area contributed by atoms with E-state index in [2.05, 4.69) is 0 Å². The highest BCUT2D eigenvalue weighted by molar-refractivity contribution is 7.44. The molecule has 0 N–H and O–H groups in total. The molecule has 27 heavy (non-hydrogen) atoms. The first-order chi connectivity index (χ1) is 13.1. The van der Waals surface area contributed by atoms with Gasteiger partial charge in [0.1, 0.15) is 0 Å². The van der Waals surface area contributed by atoms with Crippen molar-refractivity contribution >= 4 is 28.9 Å². The van der Waals surface area contributed by atoms with Gasteiger partial charge in [-0.05, 0) is 25.4 Å². The Hall–Kier alpha value is 0.637. The van der Waals surface area contributed by atoms with E-state index < -0.39 is 6.69 Å². The van der Waals surface area contributed by atoms with Crippen molar-refractivity contribution in [2.24, 2.45) is 0 Å². The minimum Gasteiger partial charge on any atom is -0.382 e. The zero-order valence-electron chi connectivity index (χ0n) is 17.6. The van der Waals surface area contributed by atoms with Crippen LogP contribution in [0, 0.1) is 0 Å². The van der Waals surface area contributed by atoms with Gasteiger partial charge in [-0.15, -0.1) is 22.2 Å². The summed E-state index contributed by atoms with van der Waals surface area (Å²) >= 11 is 12.2. The average molecular weight is 446 g/mol. The quantitative estimate of drug-likeness (QED) is 0.114. The molecule has 0 aromatic carbocycles. The van der Waals surface area contributed by atoms with Gasteiger partial charge >= 0.3 is 0 Å². The first kappa shape index (κ1) is 27.6. The van der Waals surface area contributed by atoms with E-state index in [9.17, 15) is 0 Å². The van der Waals surface area contributed by atoms with Crippen LogP contribution in [0.25, 0.3) is 0 Å². The van der Waals surface area contributed by atoms with Crippen molar-refractivity contribution in [3.8, 4) is 0 Å². The Morgan fingerprint density at radius 2 is 0.926 bits per heavy atom. The summed E-state index contributed by atoms with van der Waals surface area (Å²) in [4.78, 5) is 0. The number of rotatable bonds is 22. The highest BCUT2D eigenvalue weighted by atomic mass is 35.7. The SMILES string of the molecule is COCCOCCOCCCOCCCCCCCCCCC[Si](C)(Cl)Cl. The molecule has 4 nitrogen and oxygen atoms in total. The van der Waals surface area contributed by atoms with Gasteiger partial charge in [0.15, 0.2) is 0 Å². The maximum Gasteiger partial charge on any atom is 0.248 e. The second-order valence-corrected chi connectivity index (χ2v) is 15.4. The fourth-order valence-electron chi connectivity index (χ4n) is 2.71. The molecule has 0 fully saturated rings. The molecule has 0 aliphatic heterocycles. The van der Waals surface area contributed by atoms with E-state index in [1.54, 1.807) is 7.11 Å². The van der Waals surface area contributed by atoms with E-state index >= 15 is 0 Å². The second-order valence-electron chi connectivity index (χ2n) is 7.19. The largest absolute Gasteiger partial charge is 0.382 e. The lowest BCUT2D eigenvalue weighted by Crippen LogP contribution is -2.11. The molecule has 0 aliphatic carbocycles. The van der Waals surface area contributed by atoms with Crippen molar-refractivity contribution < 1.29 is 18.9 Å². The number of halogens is 2. The lowest BCUT2D eigenvalue weighted by Gasteiger charge is -2.09. The minimum absolute atomic E-state index is 0.631. The number of hydrogen-bond donors (Lipinski definition) is 0. The predicted octanol–water partition coefficient (Wildman–Crippen LogP) is 6.13. The predicted molar refractivity (Wildman–Crippen MR) is 119 cm³/mol. The standard InChI is InChI=1S/C20H42Cl2O4Si/c1-23-16-17-26-19-18-25-15-12-14-24-13-10-8-6-4-3-5-7-9-11-20-27(2,21)22/h3-20H2,1-2H3. The van der Waals surface area contributed by atoms with Crippen LogP contribution < -0.4 is 0 Å². The number of unbranched alkanes of at least 4 members (excludes halogenated alkanes) is 8. The van der Waals surface area contributed by atoms with Crippen LogP contribution in [0.3, 0.4) is 0 Å². The van der Waals surface area contributed by atoms with Crippen LogP contribution in [0.2, 0.25) is 12.6 Å². The van der Waals surface area contributed by atoms with Gasteiger partial charge in [0, 0.05) is 26.9 Å². The van der Waals surface area contributed by atoms with Gasteiger partial charge in [-0.2, -0.15) is 0 Å². The van der Waals surface area contributed by atoms with E-state index in [0.29, 0.717) is 26.4 Å². The molecule has 164 valence electrons. The summed E-state index contributed by atoms with van der Waals surface area (Å²) in [5.41, 5.74) is 0. The third-order valence-electron chi connectivity index (χ3n) is 4.29. The van der Waals surface area contributed by atoms with Crippen LogP contribution in [0.5, 0.6) is 0 Å². The van der Waals surface area contributed by atoms with Crippen LogP contribution in [0.1, 0.15) is 64.2 Å². The van der Waals surface area contributed by atoms with Gasteiger partial charge in [0.05, 0.1) is 26.4 Å². The topological polar surface area (TPSA) is 36.9 Å². The van der Waals surface area contributed by atoms with Crippen molar-refractivity contribution in [3.63, 3.8) is 0 Å². The van der Waals surface area contributed by atoms with Crippen LogP contribution >= 0.6 is 22.2 Å². The number of hydrogen-bond acceptors (Lipinski definition) is 4. The molecule has 0 aliphatic rings. The summed E-state index contributed by atoms with van der Waals surface area (Å²) < 4.78 is 21.3. The molecular weight excluding hydrogens is 403 g/mol. The van der Waals surface area contributed by atoms with Crippen LogP contribution in [-0.2, 0) is 18.9 Å². The zero-order chi connectivity index (χ0) is 20.1. The third kappa shape index (κ3) is 26.6. The molecule has 0 heterocycles. The molecular formula is C20H42Cl2O4Si. The van der Waals surface area contributed by atoms with E-state index in [0.717, 1.165) is 32.3 Å². The van der Waals surface area contributed by atoms with Gasteiger partial charge in [0.25, 0.3) is 0 Å². The van der Waals surface area contributed by atoms with E-state index in [4.69, 9.17) is 41.1 Å². The maximum atomic E-state index is 6.10. The highest BCUT2D eigenvalue weighted by Gasteiger charge is 2.19. The first-order valence-corrected chi connectivity index (χ1v) is 15.4. The molecule has 0 rings (SSSR count). The zero-order valence-corrected chi connectivity index (χ0v) is 20.1. The summed E-state index contributed by atoms with van der Waals surface area (Å²) in [5.74, 6) is 0. The Balaban J connectivity index is 3.01. The molecule has 0 amide bonds. The summed E-state index contributed by atoms with van der Waals surface area (Å²) in [6.07, 6.45) is 12.6. The molecule has 0 aromatic heterocycles. The molecule has 0 bridgehead atoms. The lowest BCUT2D eigenvalue weighted by molar-refractivity contribution is 0.0181. The number of methoxy groups -OCH3 is 1.